The molecule has 1 aliphatic carbocycles. The van der Waals surface area contributed by atoms with E-state index in [1.807, 2.05) is 0 Å². The molecular formula is C16H22BrFN4. The number of halogens is 2. The molecule has 2 fully saturated rings. The van der Waals surface area contributed by atoms with Gasteiger partial charge in [-0.15, -0.1) is 0 Å². The summed E-state index contributed by atoms with van der Waals surface area (Å²) in [5.74, 6) is 0.553. The fraction of sp³-hybridized carbons (Fsp3) is 0.562. The average molecular weight is 369 g/mol. The number of rotatable bonds is 4. The van der Waals surface area contributed by atoms with E-state index in [1.54, 1.807) is 13.1 Å². The van der Waals surface area contributed by atoms with Gasteiger partial charge in [-0.1, -0.05) is 15.9 Å². The lowest BCUT2D eigenvalue weighted by Gasteiger charge is -2.19. The molecule has 1 saturated carbocycles. The Bertz CT molecular complexity index is 559. The molecule has 1 heterocycles. The number of likely N-dealkylation sites (tertiary alicyclic amines) is 1. The van der Waals surface area contributed by atoms with E-state index in [-0.39, 0.29) is 5.82 Å². The van der Waals surface area contributed by atoms with Crippen LogP contribution in [0.4, 0.5) is 4.39 Å². The van der Waals surface area contributed by atoms with Gasteiger partial charge in [0, 0.05) is 43.2 Å². The zero-order valence-electron chi connectivity index (χ0n) is 12.8. The molecule has 120 valence electrons. The predicted octanol–water partition coefficient (Wildman–Crippen LogP) is 2.49. The van der Waals surface area contributed by atoms with Crippen LogP contribution in [0.2, 0.25) is 0 Å². The molecule has 2 N–H and O–H groups in total. The minimum atomic E-state index is -0.223. The van der Waals surface area contributed by atoms with Gasteiger partial charge in [0.05, 0.1) is 0 Å². The fourth-order valence-corrected chi connectivity index (χ4v) is 3.31. The van der Waals surface area contributed by atoms with Crippen LogP contribution in [0.3, 0.4) is 0 Å². The zero-order chi connectivity index (χ0) is 15.5. The first kappa shape index (κ1) is 15.7. The van der Waals surface area contributed by atoms with Crippen LogP contribution >= 0.6 is 15.9 Å². The van der Waals surface area contributed by atoms with Gasteiger partial charge < -0.3 is 10.6 Å². The summed E-state index contributed by atoms with van der Waals surface area (Å²) in [5.41, 5.74) is 0.883. The monoisotopic (exact) mass is 368 g/mol. The summed E-state index contributed by atoms with van der Waals surface area (Å²) in [6.45, 7) is 2.81. The second kappa shape index (κ2) is 6.96. The Balaban J connectivity index is 1.51. The Kier molecular flexibility index (Phi) is 4.98. The first-order chi connectivity index (χ1) is 10.7. The molecule has 1 aromatic rings. The molecule has 0 spiro atoms. The minimum absolute atomic E-state index is 0.223. The van der Waals surface area contributed by atoms with E-state index in [2.05, 4.69) is 36.5 Å². The highest BCUT2D eigenvalue weighted by Gasteiger charge is 2.34. The third-order valence-electron chi connectivity index (χ3n) is 4.30. The van der Waals surface area contributed by atoms with E-state index >= 15 is 0 Å². The fourth-order valence-electron chi connectivity index (χ4n) is 2.92. The molecule has 4 nitrogen and oxygen atoms in total. The van der Waals surface area contributed by atoms with Crippen molar-refractivity contribution in [3.05, 3.63) is 34.1 Å². The Morgan fingerprint density at radius 1 is 1.41 bits per heavy atom. The molecule has 1 unspecified atom stereocenters. The van der Waals surface area contributed by atoms with Gasteiger partial charge in [0.15, 0.2) is 5.96 Å². The molecule has 22 heavy (non-hydrogen) atoms. The average Bonchev–Trinajstić information content (AvgIpc) is 3.26. The second-order valence-corrected chi connectivity index (χ2v) is 6.87. The lowest BCUT2D eigenvalue weighted by molar-refractivity contribution is 0.321. The van der Waals surface area contributed by atoms with Crippen molar-refractivity contribution in [1.29, 1.82) is 0 Å². The van der Waals surface area contributed by atoms with Crippen molar-refractivity contribution < 1.29 is 4.39 Å². The molecule has 1 aromatic carbocycles. The van der Waals surface area contributed by atoms with Crippen molar-refractivity contribution >= 4 is 21.9 Å². The highest BCUT2D eigenvalue weighted by Crippen LogP contribution is 2.29. The van der Waals surface area contributed by atoms with Crippen molar-refractivity contribution in [2.75, 3.05) is 20.1 Å². The Morgan fingerprint density at radius 2 is 2.23 bits per heavy atom. The Hall–Kier alpha value is -1.14. The van der Waals surface area contributed by atoms with Crippen LogP contribution < -0.4 is 10.6 Å². The van der Waals surface area contributed by atoms with E-state index < -0.39 is 0 Å². The predicted molar refractivity (Wildman–Crippen MR) is 90.4 cm³/mol. The Labute approximate surface area is 139 Å². The number of hydrogen-bond acceptors (Lipinski definition) is 2. The first-order valence-corrected chi connectivity index (χ1v) is 8.60. The maximum atomic E-state index is 13.3. The summed E-state index contributed by atoms with van der Waals surface area (Å²) in [7, 11) is 1.77. The van der Waals surface area contributed by atoms with Gasteiger partial charge in [0.2, 0.25) is 0 Å². The maximum Gasteiger partial charge on any atom is 0.191 e. The van der Waals surface area contributed by atoms with Gasteiger partial charge in [-0.05, 0) is 43.0 Å². The van der Waals surface area contributed by atoms with Gasteiger partial charge in [0.1, 0.15) is 5.82 Å². The lowest BCUT2D eigenvalue weighted by atomic mass is 10.2. The standard InChI is InChI=1S/C16H22BrFN4/c1-19-16(20-9-11-8-12(18)2-5-15(11)17)21-13-6-7-22(10-13)14-3-4-14/h2,5,8,13-14H,3-4,6-7,9-10H2,1H3,(H2,19,20,21). The summed E-state index contributed by atoms with van der Waals surface area (Å²) in [4.78, 5) is 6.83. The molecule has 0 bridgehead atoms. The molecule has 3 rings (SSSR count). The van der Waals surface area contributed by atoms with Crippen LogP contribution in [0, 0.1) is 5.82 Å². The van der Waals surface area contributed by atoms with Crippen LogP contribution in [0.5, 0.6) is 0 Å². The van der Waals surface area contributed by atoms with E-state index in [4.69, 9.17) is 0 Å². The van der Waals surface area contributed by atoms with Crippen LogP contribution in [0.25, 0.3) is 0 Å². The van der Waals surface area contributed by atoms with E-state index in [0.717, 1.165) is 35.0 Å². The molecule has 0 aromatic heterocycles. The third kappa shape index (κ3) is 3.98. The number of nitrogens with one attached hydrogen (secondary N) is 2. The van der Waals surface area contributed by atoms with Crippen molar-refractivity contribution in [3.63, 3.8) is 0 Å². The molecule has 1 aliphatic heterocycles. The van der Waals surface area contributed by atoms with E-state index in [0.29, 0.717) is 12.6 Å². The van der Waals surface area contributed by atoms with Crippen molar-refractivity contribution in [3.8, 4) is 0 Å². The first-order valence-electron chi connectivity index (χ1n) is 7.81. The van der Waals surface area contributed by atoms with Crippen LogP contribution in [-0.4, -0.2) is 43.1 Å². The van der Waals surface area contributed by atoms with E-state index in [1.165, 1.54) is 31.5 Å². The number of hydrogen-bond donors (Lipinski definition) is 2. The van der Waals surface area contributed by atoms with Gasteiger partial charge in [-0.25, -0.2) is 4.39 Å². The molecule has 1 saturated heterocycles. The van der Waals surface area contributed by atoms with Crippen LogP contribution in [0.15, 0.2) is 27.7 Å². The minimum Gasteiger partial charge on any atom is -0.352 e. The largest absolute Gasteiger partial charge is 0.352 e. The van der Waals surface area contributed by atoms with Gasteiger partial charge >= 0.3 is 0 Å². The third-order valence-corrected chi connectivity index (χ3v) is 5.08. The highest BCUT2D eigenvalue weighted by molar-refractivity contribution is 9.10. The van der Waals surface area contributed by atoms with Crippen molar-refractivity contribution in [2.45, 2.75) is 37.9 Å². The van der Waals surface area contributed by atoms with Crippen molar-refractivity contribution in [2.24, 2.45) is 4.99 Å². The van der Waals surface area contributed by atoms with E-state index in [9.17, 15) is 4.39 Å². The molecular weight excluding hydrogens is 347 g/mol. The second-order valence-electron chi connectivity index (χ2n) is 6.02. The van der Waals surface area contributed by atoms with Crippen LogP contribution in [0.1, 0.15) is 24.8 Å². The van der Waals surface area contributed by atoms with Gasteiger partial charge in [0.25, 0.3) is 0 Å². The summed E-state index contributed by atoms with van der Waals surface area (Å²) in [5, 5.41) is 6.73. The highest BCUT2D eigenvalue weighted by atomic mass is 79.9. The van der Waals surface area contributed by atoms with Crippen molar-refractivity contribution in [1.82, 2.24) is 15.5 Å². The molecule has 0 amide bonds. The summed E-state index contributed by atoms with van der Waals surface area (Å²) < 4.78 is 14.2. The van der Waals surface area contributed by atoms with Gasteiger partial charge in [-0.2, -0.15) is 0 Å². The number of guanidine groups is 1. The topological polar surface area (TPSA) is 39.7 Å². The van der Waals surface area contributed by atoms with Crippen LogP contribution in [-0.2, 0) is 6.54 Å². The number of nitrogens with zero attached hydrogens (tertiary/aromatic N) is 2. The maximum absolute atomic E-state index is 13.3. The Morgan fingerprint density at radius 3 is 2.95 bits per heavy atom. The van der Waals surface area contributed by atoms with Gasteiger partial charge in [-0.3, -0.25) is 9.89 Å². The molecule has 0 radical (unpaired) electrons. The summed E-state index contributed by atoms with van der Waals surface area (Å²) in [6.07, 6.45) is 3.86. The number of aliphatic imine (C=N–C) groups is 1. The smallest absolute Gasteiger partial charge is 0.191 e. The normalized spacial score (nSPS) is 22.9. The quantitative estimate of drug-likeness (QED) is 0.633. The lowest BCUT2D eigenvalue weighted by Crippen LogP contribution is -2.44. The summed E-state index contributed by atoms with van der Waals surface area (Å²) in [6, 6.07) is 5.99. The number of benzene rings is 1. The molecule has 2 aliphatic rings. The molecule has 6 heteroatoms. The SMILES string of the molecule is CN=C(NCc1cc(F)ccc1Br)NC1CCN(C2CC2)C1. The summed E-state index contributed by atoms with van der Waals surface area (Å²) >= 11 is 3.45. The molecule has 1 atom stereocenters. The zero-order valence-corrected chi connectivity index (χ0v) is 14.4.